The highest BCUT2D eigenvalue weighted by molar-refractivity contribution is 7.90. The topological polar surface area (TPSA) is 143 Å². The van der Waals surface area contributed by atoms with Crippen molar-refractivity contribution in [3.05, 3.63) is 65.7 Å². The summed E-state index contributed by atoms with van der Waals surface area (Å²) in [5, 5.41) is 4.55. The number of nitrogens with one attached hydrogen (secondary N) is 3. The maximum absolute atomic E-state index is 12.1. The zero-order valence-electron chi connectivity index (χ0n) is 16.5. The van der Waals surface area contributed by atoms with Crippen molar-refractivity contribution in [2.45, 2.75) is 24.4 Å². The minimum atomic E-state index is -3.73. The molecule has 11 heteroatoms. The summed E-state index contributed by atoms with van der Waals surface area (Å²) in [6.07, 6.45) is 0. The van der Waals surface area contributed by atoms with E-state index in [1.807, 2.05) is 35.6 Å². The van der Waals surface area contributed by atoms with Crippen LogP contribution in [0.2, 0.25) is 0 Å². The van der Waals surface area contributed by atoms with Gasteiger partial charge >= 0.3 is 12.0 Å². The highest BCUT2D eigenvalue weighted by atomic mass is 32.2. The second-order valence-electron chi connectivity index (χ2n) is 6.58. The minimum Gasteiger partial charge on any atom is -0.454 e. The molecule has 3 N–H and O–H groups in total. The first-order valence-corrected chi connectivity index (χ1v) is 10.7. The van der Waals surface area contributed by atoms with Crippen molar-refractivity contribution in [1.29, 1.82) is 0 Å². The molecule has 0 saturated carbocycles. The normalized spacial score (nSPS) is 16.0. The molecule has 1 heterocycles. The molecule has 0 unspecified atom stereocenters. The predicted octanol–water partition coefficient (Wildman–Crippen LogP) is 0.683. The molecule has 0 aliphatic carbocycles. The van der Waals surface area contributed by atoms with Gasteiger partial charge in [0.25, 0.3) is 15.9 Å². The Kier molecular flexibility index (Phi) is 6.65. The molecular weight excluding hydrogens is 424 g/mol. The largest absolute Gasteiger partial charge is 0.454 e. The lowest BCUT2D eigenvalue weighted by Crippen LogP contribution is -2.41. The minimum absolute atomic E-state index is 0.0183. The highest BCUT2D eigenvalue weighted by Crippen LogP contribution is 2.22. The smallest absolute Gasteiger partial charge is 0.331 e. The first-order chi connectivity index (χ1) is 14.8. The van der Waals surface area contributed by atoms with Gasteiger partial charge in [-0.05, 0) is 24.6 Å². The van der Waals surface area contributed by atoms with Gasteiger partial charge < -0.3 is 10.1 Å². The molecule has 0 radical (unpaired) electrons. The van der Waals surface area contributed by atoms with Crippen molar-refractivity contribution in [3.8, 4) is 0 Å². The number of rotatable bonds is 6. The van der Waals surface area contributed by atoms with Crippen molar-refractivity contribution < 1.29 is 27.5 Å². The Morgan fingerprint density at radius 3 is 2.48 bits per heavy atom. The van der Waals surface area contributed by atoms with E-state index < -0.39 is 40.6 Å². The van der Waals surface area contributed by atoms with Crippen molar-refractivity contribution in [2.75, 3.05) is 6.61 Å². The Labute approximate surface area is 178 Å². The number of fused-ring (bicyclic) bond motifs is 1. The molecule has 0 saturated heterocycles. The van der Waals surface area contributed by atoms with Gasteiger partial charge in [-0.25, -0.2) is 18.0 Å². The number of hydrogen-bond donors (Lipinski definition) is 3. The van der Waals surface area contributed by atoms with Crippen LogP contribution in [0.3, 0.4) is 0 Å². The maximum Gasteiger partial charge on any atom is 0.331 e. The first-order valence-electron chi connectivity index (χ1n) is 9.24. The SMILES string of the molecule is C[C@@H](N=C1NS(=O)(=O)c2ccccc21)C(=O)OCC(=O)NC(=O)NCc1ccccc1. The fraction of sp³-hybridized carbons (Fsp3) is 0.200. The third-order valence-electron chi connectivity index (χ3n) is 4.22. The van der Waals surface area contributed by atoms with Crippen molar-refractivity contribution in [3.63, 3.8) is 0 Å². The molecule has 0 fully saturated rings. The van der Waals surface area contributed by atoms with Gasteiger partial charge in [0.1, 0.15) is 11.9 Å². The maximum atomic E-state index is 12.1. The van der Waals surface area contributed by atoms with Gasteiger partial charge in [0.2, 0.25) is 0 Å². The van der Waals surface area contributed by atoms with E-state index in [-0.39, 0.29) is 17.3 Å². The van der Waals surface area contributed by atoms with Gasteiger partial charge in [0, 0.05) is 12.1 Å². The van der Waals surface area contributed by atoms with Gasteiger partial charge in [0.15, 0.2) is 6.61 Å². The van der Waals surface area contributed by atoms with Gasteiger partial charge in [-0.15, -0.1) is 0 Å². The van der Waals surface area contributed by atoms with Crippen LogP contribution in [-0.4, -0.2) is 44.8 Å². The summed E-state index contributed by atoms with van der Waals surface area (Å²) in [5.41, 5.74) is 1.20. The number of nitrogens with zero attached hydrogens (tertiary/aromatic N) is 1. The molecule has 0 aromatic heterocycles. The average molecular weight is 444 g/mol. The van der Waals surface area contributed by atoms with Crippen LogP contribution in [0.4, 0.5) is 4.79 Å². The number of amidine groups is 1. The van der Waals surface area contributed by atoms with Crippen LogP contribution in [0.1, 0.15) is 18.1 Å². The van der Waals surface area contributed by atoms with Crippen LogP contribution in [0, 0.1) is 0 Å². The number of urea groups is 1. The summed E-state index contributed by atoms with van der Waals surface area (Å²) in [5.74, 6) is -1.65. The molecule has 162 valence electrons. The molecule has 1 atom stereocenters. The van der Waals surface area contributed by atoms with Gasteiger partial charge in [-0.1, -0.05) is 42.5 Å². The zero-order chi connectivity index (χ0) is 22.4. The summed E-state index contributed by atoms with van der Waals surface area (Å²) >= 11 is 0. The lowest BCUT2D eigenvalue weighted by molar-refractivity contribution is -0.149. The average Bonchev–Trinajstić information content (AvgIpc) is 3.01. The Bertz CT molecular complexity index is 1130. The van der Waals surface area contributed by atoms with Crippen molar-refractivity contribution in [2.24, 2.45) is 4.99 Å². The molecule has 3 rings (SSSR count). The molecule has 2 aromatic carbocycles. The Hall–Kier alpha value is -3.73. The predicted molar refractivity (Wildman–Crippen MR) is 111 cm³/mol. The number of esters is 1. The fourth-order valence-corrected chi connectivity index (χ4v) is 3.96. The van der Waals surface area contributed by atoms with Crippen molar-refractivity contribution in [1.82, 2.24) is 15.4 Å². The van der Waals surface area contributed by atoms with Crippen LogP contribution in [0.15, 0.2) is 64.5 Å². The molecule has 0 spiro atoms. The molecule has 0 bridgehead atoms. The highest BCUT2D eigenvalue weighted by Gasteiger charge is 2.31. The molecule has 3 amide bonds. The number of sulfonamides is 1. The number of aliphatic imine (C=N–C) groups is 1. The van der Waals surface area contributed by atoms with Crippen LogP contribution < -0.4 is 15.4 Å². The second-order valence-corrected chi connectivity index (χ2v) is 8.23. The van der Waals surface area contributed by atoms with Gasteiger partial charge in [0.05, 0.1) is 4.90 Å². The summed E-state index contributed by atoms with van der Waals surface area (Å²) in [6.45, 7) is 0.940. The number of imide groups is 1. The molecule has 1 aliphatic rings. The molecule has 2 aromatic rings. The summed E-state index contributed by atoms with van der Waals surface area (Å²) in [6, 6.07) is 13.5. The first kappa shape index (κ1) is 22.0. The molecule has 1 aliphatic heterocycles. The Morgan fingerprint density at radius 2 is 1.74 bits per heavy atom. The summed E-state index contributed by atoms with van der Waals surface area (Å²) in [7, 11) is -3.73. The van der Waals surface area contributed by atoms with E-state index in [2.05, 4.69) is 15.0 Å². The molecule has 10 nitrogen and oxygen atoms in total. The second kappa shape index (κ2) is 9.39. The monoisotopic (exact) mass is 444 g/mol. The quantitative estimate of drug-likeness (QED) is 0.559. The fourth-order valence-electron chi connectivity index (χ4n) is 2.72. The number of amides is 3. The van der Waals surface area contributed by atoms with E-state index in [1.165, 1.54) is 13.0 Å². The third kappa shape index (κ3) is 5.66. The summed E-state index contributed by atoms with van der Waals surface area (Å²) < 4.78 is 31.3. The summed E-state index contributed by atoms with van der Waals surface area (Å²) in [4.78, 5) is 39.8. The van der Waals surface area contributed by atoms with E-state index in [1.54, 1.807) is 18.2 Å². The molecule has 31 heavy (non-hydrogen) atoms. The number of benzene rings is 2. The number of ether oxygens (including phenoxy) is 1. The van der Waals surface area contributed by atoms with Crippen LogP contribution in [-0.2, 0) is 30.9 Å². The lowest BCUT2D eigenvalue weighted by Gasteiger charge is -2.10. The third-order valence-corrected chi connectivity index (χ3v) is 5.62. The number of hydrogen-bond acceptors (Lipinski definition) is 7. The van der Waals surface area contributed by atoms with Crippen LogP contribution >= 0.6 is 0 Å². The van der Waals surface area contributed by atoms with Crippen molar-refractivity contribution >= 4 is 33.8 Å². The van der Waals surface area contributed by atoms with Crippen LogP contribution in [0.5, 0.6) is 0 Å². The standard InChI is InChI=1S/C20H20N4O6S/c1-13(22-18-15-9-5-6-10-16(15)31(28,29)24-18)19(26)30-12-17(25)23-20(27)21-11-14-7-3-2-4-8-14/h2-10,13H,11-12H2,1H3,(H,22,24)(H2,21,23,25,27)/t13-/m1/s1. The zero-order valence-corrected chi connectivity index (χ0v) is 17.3. The Morgan fingerprint density at radius 1 is 1.06 bits per heavy atom. The van der Waals surface area contributed by atoms with Crippen LogP contribution in [0.25, 0.3) is 0 Å². The van der Waals surface area contributed by atoms with E-state index in [0.717, 1.165) is 5.56 Å². The lowest BCUT2D eigenvalue weighted by atomic mass is 10.2. The Balaban J connectivity index is 1.48. The molecular formula is C20H20N4O6S. The van der Waals surface area contributed by atoms with E-state index in [9.17, 15) is 22.8 Å². The van der Waals surface area contributed by atoms with E-state index >= 15 is 0 Å². The number of carbonyl (C=O) groups is 3. The van der Waals surface area contributed by atoms with E-state index in [0.29, 0.717) is 5.56 Å². The van der Waals surface area contributed by atoms with E-state index in [4.69, 9.17) is 4.74 Å². The van der Waals surface area contributed by atoms with Gasteiger partial charge in [-0.3, -0.25) is 19.8 Å². The van der Waals surface area contributed by atoms with Gasteiger partial charge in [-0.2, -0.15) is 0 Å². The number of carbonyl (C=O) groups excluding carboxylic acids is 3.